The van der Waals surface area contributed by atoms with Crippen molar-refractivity contribution in [2.24, 2.45) is 0 Å². The number of aromatic hydroxyl groups is 1. The van der Waals surface area contributed by atoms with Gasteiger partial charge in [-0.1, -0.05) is 0 Å². The molecule has 3 heterocycles. The van der Waals surface area contributed by atoms with Crippen LogP contribution in [0.1, 0.15) is 35.6 Å². The third kappa shape index (κ3) is 2.64. The monoisotopic (exact) mass is 341 g/mol. The Labute approximate surface area is 144 Å². The molecule has 1 aromatic carbocycles. The van der Waals surface area contributed by atoms with Crippen molar-refractivity contribution in [3.8, 4) is 5.75 Å². The van der Waals surface area contributed by atoms with E-state index in [1.54, 1.807) is 30.4 Å². The Morgan fingerprint density at radius 1 is 1.38 bits per heavy atom. The van der Waals surface area contributed by atoms with E-state index in [0.717, 1.165) is 23.9 Å². The van der Waals surface area contributed by atoms with Gasteiger partial charge in [-0.15, -0.1) is 0 Å². The lowest BCUT2D eigenvalue weighted by molar-refractivity contribution is 0.249. The summed E-state index contributed by atoms with van der Waals surface area (Å²) in [6, 6.07) is 7.69. The molecule has 0 amide bonds. The van der Waals surface area contributed by atoms with Gasteiger partial charge < -0.3 is 9.52 Å². The molecule has 24 heavy (non-hydrogen) atoms. The molecule has 1 aliphatic rings. The molecule has 1 N–H and O–H groups in total. The summed E-state index contributed by atoms with van der Waals surface area (Å²) >= 11 is 1.72. The summed E-state index contributed by atoms with van der Waals surface area (Å²) in [6.45, 7) is 3.51. The van der Waals surface area contributed by atoms with Crippen molar-refractivity contribution in [1.82, 2.24) is 4.90 Å². The number of phenols is 1. The Bertz CT molecular complexity index is 930. The van der Waals surface area contributed by atoms with E-state index in [1.807, 2.05) is 6.07 Å². The molecular formula is C19H19NO3S. The summed E-state index contributed by atoms with van der Waals surface area (Å²) in [4.78, 5) is 14.4. The molecule has 2 aromatic heterocycles. The number of thiophene rings is 1. The van der Waals surface area contributed by atoms with Gasteiger partial charge in [0.25, 0.3) is 0 Å². The van der Waals surface area contributed by atoms with Gasteiger partial charge in [-0.2, -0.15) is 11.3 Å². The fraction of sp³-hybridized carbons (Fsp3) is 0.316. The number of nitrogens with zero attached hydrogens (tertiary/aromatic N) is 1. The Balaban J connectivity index is 1.74. The van der Waals surface area contributed by atoms with Crippen LogP contribution < -0.4 is 5.63 Å². The van der Waals surface area contributed by atoms with Crippen molar-refractivity contribution in [1.29, 1.82) is 0 Å². The Morgan fingerprint density at radius 2 is 2.25 bits per heavy atom. The van der Waals surface area contributed by atoms with Crippen LogP contribution in [0, 0.1) is 6.92 Å². The molecule has 0 unspecified atom stereocenters. The quantitative estimate of drug-likeness (QED) is 0.725. The zero-order valence-electron chi connectivity index (χ0n) is 13.5. The molecule has 0 saturated carbocycles. The minimum absolute atomic E-state index is 0.153. The number of benzene rings is 1. The highest BCUT2D eigenvalue weighted by atomic mass is 32.1. The number of phenolic OH excluding ortho intramolecular Hbond substituents is 1. The van der Waals surface area contributed by atoms with Gasteiger partial charge in [0.05, 0.1) is 0 Å². The molecule has 4 nitrogen and oxygen atoms in total. The van der Waals surface area contributed by atoms with Crippen LogP contribution in [0.3, 0.4) is 0 Å². The van der Waals surface area contributed by atoms with E-state index in [4.69, 9.17) is 4.42 Å². The standard InChI is InChI=1S/C19H19NO3S/c1-12-17(21)5-4-15-14(9-18(22)23-19(12)15)10-20-7-2-3-16(20)13-6-8-24-11-13/h4-6,8-9,11,16,21H,2-3,7,10H2,1H3/t16-/m1/s1. The second-order valence-electron chi connectivity index (χ2n) is 6.36. The predicted octanol–water partition coefficient (Wildman–Crippen LogP) is 4.21. The van der Waals surface area contributed by atoms with E-state index >= 15 is 0 Å². The van der Waals surface area contributed by atoms with Crippen LogP contribution in [-0.2, 0) is 6.54 Å². The summed E-state index contributed by atoms with van der Waals surface area (Å²) in [6.07, 6.45) is 2.32. The number of hydrogen-bond acceptors (Lipinski definition) is 5. The number of fused-ring (bicyclic) bond motifs is 1. The van der Waals surface area contributed by atoms with E-state index in [2.05, 4.69) is 21.7 Å². The van der Waals surface area contributed by atoms with Crippen LogP contribution >= 0.6 is 11.3 Å². The number of hydrogen-bond donors (Lipinski definition) is 1. The third-order valence-electron chi connectivity index (χ3n) is 4.88. The van der Waals surface area contributed by atoms with E-state index in [9.17, 15) is 9.90 Å². The average Bonchev–Trinajstić information content (AvgIpc) is 3.22. The van der Waals surface area contributed by atoms with Crippen molar-refractivity contribution in [3.05, 3.63) is 62.1 Å². The minimum atomic E-state index is -0.363. The highest BCUT2D eigenvalue weighted by molar-refractivity contribution is 7.07. The van der Waals surface area contributed by atoms with Gasteiger partial charge in [0.2, 0.25) is 0 Å². The topological polar surface area (TPSA) is 53.7 Å². The van der Waals surface area contributed by atoms with Crippen molar-refractivity contribution in [2.45, 2.75) is 32.4 Å². The summed E-state index contributed by atoms with van der Waals surface area (Å²) in [7, 11) is 0. The maximum Gasteiger partial charge on any atom is 0.336 e. The van der Waals surface area contributed by atoms with Crippen LogP contribution in [-0.4, -0.2) is 16.6 Å². The first-order valence-electron chi connectivity index (χ1n) is 8.15. The van der Waals surface area contributed by atoms with E-state index in [-0.39, 0.29) is 11.4 Å². The molecule has 1 atom stereocenters. The zero-order chi connectivity index (χ0) is 16.7. The molecule has 124 valence electrons. The molecular weight excluding hydrogens is 322 g/mol. The van der Waals surface area contributed by atoms with Crippen LogP contribution in [0.15, 0.2) is 44.2 Å². The van der Waals surface area contributed by atoms with E-state index in [0.29, 0.717) is 23.7 Å². The van der Waals surface area contributed by atoms with Gasteiger partial charge >= 0.3 is 5.63 Å². The lowest BCUT2D eigenvalue weighted by Crippen LogP contribution is -2.23. The fourth-order valence-corrected chi connectivity index (χ4v) is 4.33. The predicted molar refractivity (Wildman–Crippen MR) is 95.6 cm³/mol. The molecule has 4 rings (SSSR count). The van der Waals surface area contributed by atoms with Gasteiger partial charge in [-0.3, -0.25) is 4.90 Å². The van der Waals surface area contributed by atoms with Crippen molar-refractivity contribution in [3.63, 3.8) is 0 Å². The number of rotatable bonds is 3. The third-order valence-corrected chi connectivity index (χ3v) is 5.58. The zero-order valence-corrected chi connectivity index (χ0v) is 14.3. The first kappa shape index (κ1) is 15.4. The van der Waals surface area contributed by atoms with E-state index < -0.39 is 0 Å². The lowest BCUT2D eigenvalue weighted by Gasteiger charge is -2.24. The smallest absolute Gasteiger partial charge is 0.336 e. The first-order chi connectivity index (χ1) is 11.6. The first-order valence-corrected chi connectivity index (χ1v) is 9.09. The normalized spacial score (nSPS) is 18.5. The Kier molecular flexibility index (Phi) is 3.90. The van der Waals surface area contributed by atoms with Crippen LogP contribution in [0.5, 0.6) is 5.75 Å². The largest absolute Gasteiger partial charge is 0.508 e. The Hall–Kier alpha value is -2.11. The highest BCUT2D eigenvalue weighted by Crippen LogP contribution is 2.35. The van der Waals surface area contributed by atoms with E-state index in [1.165, 1.54) is 12.0 Å². The minimum Gasteiger partial charge on any atom is -0.508 e. The summed E-state index contributed by atoms with van der Waals surface area (Å²) < 4.78 is 5.35. The van der Waals surface area contributed by atoms with Gasteiger partial charge in [-0.05, 0) is 66.4 Å². The Morgan fingerprint density at radius 3 is 3.04 bits per heavy atom. The van der Waals surface area contributed by atoms with Gasteiger partial charge in [-0.25, -0.2) is 4.79 Å². The van der Waals surface area contributed by atoms with Crippen LogP contribution in [0.25, 0.3) is 11.0 Å². The molecule has 1 aliphatic heterocycles. The molecule has 1 fully saturated rings. The van der Waals surface area contributed by atoms with Gasteiger partial charge in [0.15, 0.2) is 0 Å². The van der Waals surface area contributed by atoms with Crippen LogP contribution in [0.2, 0.25) is 0 Å². The highest BCUT2D eigenvalue weighted by Gasteiger charge is 2.27. The molecule has 0 radical (unpaired) electrons. The maximum absolute atomic E-state index is 12.0. The molecule has 3 aromatic rings. The van der Waals surface area contributed by atoms with Gasteiger partial charge in [0, 0.05) is 29.6 Å². The van der Waals surface area contributed by atoms with Crippen molar-refractivity contribution < 1.29 is 9.52 Å². The van der Waals surface area contributed by atoms with Crippen molar-refractivity contribution in [2.75, 3.05) is 6.54 Å². The SMILES string of the molecule is Cc1c(O)ccc2c(CN3CCC[C@@H]3c3ccsc3)cc(=O)oc12. The molecule has 0 bridgehead atoms. The maximum atomic E-state index is 12.0. The molecule has 5 heteroatoms. The summed E-state index contributed by atoms with van der Waals surface area (Å²) in [5, 5.41) is 15.1. The molecule has 1 saturated heterocycles. The van der Waals surface area contributed by atoms with Crippen LogP contribution in [0.4, 0.5) is 0 Å². The molecule has 0 spiro atoms. The second kappa shape index (κ2) is 6.07. The van der Waals surface area contributed by atoms with Gasteiger partial charge in [0.1, 0.15) is 11.3 Å². The lowest BCUT2D eigenvalue weighted by atomic mass is 10.0. The molecule has 0 aliphatic carbocycles. The fourth-order valence-electron chi connectivity index (χ4n) is 3.62. The number of aryl methyl sites for hydroxylation is 1. The average molecular weight is 341 g/mol. The second-order valence-corrected chi connectivity index (χ2v) is 7.14. The number of likely N-dealkylation sites (tertiary alicyclic amines) is 1. The summed E-state index contributed by atoms with van der Waals surface area (Å²) in [5.41, 5.74) is 3.06. The summed E-state index contributed by atoms with van der Waals surface area (Å²) in [5.74, 6) is 0.153. The van der Waals surface area contributed by atoms with Crippen molar-refractivity contribution >= 4 is 22.3 Å².